The minimum absolute atomic E-state index is 0.104. The zero-order valence-corrected chi connectivity index (χ0v) is 11.7. The number of aliphatic hydroxyl groups is 1. The highest BCUT2D eigenvalue weighted by atomic mass is 32.2. The van der Waals surface area contributed by atoms with Crippen LogP contribution in [0.25, 0.3) is 0 Å². The van der Waals surface area contributed by atoms with Crippen molar-refractivity contribution in [3.05, 3.63) is 0 Å². The molecule has 4 nitrogen and oxygen atoms in total. The molecule has 0 spiro atoms. The number of aliphatic hydroxyl groups excluding tert-OH is 1. The summed E-state index contributed by atoms with van der Waals surface area (Å²) in [5.41, 5.74) is 0. The first-order valence-corrected chi connectivity index (χ1v) is 8.47. The summed E-state index contributed by atoms with van der Waals surface area (Å²) in [6, 6.07) is 0.104. The monoisotopic (exact) mass is 263 g/mol. The average molecular weight is 263 g/mol. The van der Waals surface area contributed by atoms with Gasteiger partial charge in [-0.05, 0) is 39.2 Å². The Labute approximate surface area is 105 Å². The third-order valence-corrected chi connectivity index (χ3v) is 5.12. The second-order valence-corrected chi connectivity index (χ2v) is 7.47. The summed E-state index contributed by atoms with van der Waals surface area (Å²) in [6.07, 6.45) is 6.60. The molecule has 1 aliphatic rings. The largest absolute Gasteiger partial charge is 0.393 e. The van der Waals surface area contributed by atoms with Gasteiger partial charge in [-0.25, -0.2) is 8.42 Å². The van der Waals surface area contributed by atoms with Gasteiger partial charge in [0.25, 0.3) is 0 Å². The molecule has 0 heterocycles. The molecule has 5 heteroatoms. The molecule has 0 bridgehead atoms. The zero-order valence-electron chi connectivity index (χ0n) is 10.9. The van der Waals surface area contributed by atoms with Crippen LogP contribution in [-0.2, 0) is 9.84 Å². The molecule has 1 saturated carbocycles. The first-order chi connectivity index (χ1) is 7.91. The summed E-state index contributed by atoms with van der Waals surface area (Å²) >= 11 is 0. The quantitative estimate of drug-likeness (QED) is 0.704. The molecule has 0 aromatic carbocycles. The standard InChI is InChI=1S/C12H25NO3S/c1-10(14)6-5-9-13-11-7-3-4-8-12(11)17(2,15)16/h10-14H,3-9H2,1-2H3. The fraction of sp³-hybridized carbons (Fsp3) is 1.00. The Morgan fingerprint density at radius 1 is 1.35 bits per heavy atom. The van der Waals surface area contributed by atoms with Gasteiger partial charge in [-0.3, -0.25) is 0 Å². The van der Waals surface area contributed by atoms with Crippen LogP contribution < -0.4 is 5.32 Å². The van der Waals surface area contributed by atoms with Gasteiger partial charge in [0.2, 0.25) is 0 Å². The van der Waals surface area contributed by atoms with E-state index < -0.39 is 9.84 Å². The van der Waals surface area contributed by atoms with Gasteiger partial charge in [0.1, 0.15) is 0 Å². The predicted molar refractivity (Wildman–Crippen MR) is 69.8 cm³/mol. The predicted octanol–water partition coefficient (Wildman–Crippen LogP) is 1.09. The maximum absolute atomic E-state index is 11.7. The first kappa shape index (κ1) is 14.9. The molecule has 0 saturated heterocycles. The van der Waals surface area contributed by atoms with E-state index in [1.165, 1.54) is 6.26 Å². The van der Waals surface area contributed by atoms with Crippen LogP contribution in [0.3, 0.4) is 0 Å². The van der Waals surface area contributed by atoms with Crippen molar-refractivity contribution in [1.29, 1.82) is 0 Å². The molecular weight excluding hydrogens is 238 g/mol. The van der Waals surface area contributed by atoms with Crippen LogP contribution in [0.1, 0.15) is 45.4 Å². The summed E-state index contributed by atoms with van der Waals surface area (Å²) in [5.74, 6) is 0. The molecule has 102 valence electrons. The van der Waals surface area contributed by atoms with E-state index in [1.807, 2.05) is 0 Å². The number of sulfone groups is 1. The highest BCUT2D eigenvalue weighted by molar-refractivity contribution is 7.91. The van der Waals surface area contributed by atoms with Crippen LogP contribution in [-0.4, -0.2) is 43.7 Å². The lowest BCUT2D eigenvalue weighted by Gasteiger charge is -2.31. The fourth-order valence-corrected chi connectivity index (χ4v) is 3.95. The summed E-state index contributed by atoms with van der Waals surface area (Å²) in [6.45, 7) is 2.57. The molecule has 2 N–H and O–H groups in total. The highest BCUT2D eigenvalue weighted by Crippen LogP contribution is 2.24. The Hall–Kier alpha value is -0.130. The summed E-state index contributed by atoms with van der Waals surface area (Å²) in [4.78, 5) is 0. The van der Waals surface area contributed by atoms with Crippen molar-refractivity contribution in [1.82, 2.24) is 5.32 Å². The van der Waals surface area contributed by atoms with E-state index in [2.05, 4.69) is 5.32 Å². The van der Waals surface area contributed by atoms with Gasteiger partial charge in [0.05, 0.1) is 11.4 Å². The summed E-state index contributed by atoms with van der Waals surface area (Å²) in [5, 5.41) is 12.3. The molecule has 0 amide bonds. The third kappa shape index (κ3) is 5.36. The van der Waals surface area contributed by atoms with Gasteiger partial charge >= 0.3 is 0 Å². The average Bonchev–Trinajstić information content (AvgIpc) is 2.23. The van der Waals surface area contributed by atoms with E-state index in [-0.39, 0.29) is 17.4 Å². The van der Waals surface area contributed by atoms with Crippen LogP contribution in [0.15, 0.2) is 0 Å². The Kier molecular flexibility index (Phi) is 5.89. The molecule has 0 aromatic heterocycles. The Balaban J connectivity index is 2.38. The van der Waals surface area contributed by atoms with E-state index in [9.17, 15) is 8.42 Å². The van der Waals surface area contributed by atoms with Gasteiger partial charge in [-0.2, -0.15) is 0 Å². The molecule has 17 heavy (non-hydrogen) atoms. The Bertz CT molecular complexity index is 314. The minimum Gasteiger partial charge on any atom is -0.393 e. The second kappa shape index (κ2) is 6.71. The summed E-state index contributed by atoms with van der Waals surface area (Å²) in [7, 11) is -2.94. The van der Waals surface area contributed by atoms with Gasteiger partial charge in [-0.15, -0.1) is 0 Å². The normalized spacial score (nSPS) is 27.9. The van der Waals surface area contributed by atoms with E-state index in [4.69, 9.17) is 5.11 Å². The zero-order chi connectivity index (χ0) is 12.9. The van der Waals surface area contributed by atoms with Crippen LogP contribution in [0.4, 0.5) is 0 Å². The lowest BCUT2D eigenvalue weighted by atomic mass is 9.95. The number of nitrogens with one attached hydrogen (secondary N) is 1. The van der Waals surface area contributed by atoms with E-state index in [0.717, 1.165) is 45.1 Å². The van der Waals surface area contributed by atoms with Crippen molar-refractivity contribution in [2.24, 2.45) is 0 Å². The molecule has 0 radical (unpaired) electrons. The molecule has 1 rings (SSSR count). The Morgan fingerprint density at radius 2 is 2.00 bits per heavy atom. The summed E-state index contributed by atoms with van der Waals surface area (Å²) < 4.78 is 23.3. The lowest BCUT2D eigenvalue weighted by molar-refractivity contribution is 0.180. The number of hydrogen-bond acceptors (Lipinski definition) is 4. The number of rotatable bonds is 6. The van der Waals surface area contributed by atoms with Crippen molar-refractivity contribution < 1.29 is 13.5 Å². The van der Waals surface area contributed by atoms with Gasteiger partial charge in [0, 0.05) is 12.3 Å². The SMILES string of the molecule is CC(O)CCCNC1CCCCC1S(C)(=O)=O. The van der Waals surface area contributed by atoms with Crippen molar-refractivity contribution in [3.63, 3.8) is 0 Å². The van der Waals surface area contributed by atoms with Crippen molar-refractivity contribution in [2.75, 3.05) is 12.8 Å². The van der Waals surface area contributed by atoms with E-state index in [1.54, 1.807) is 6.92 Å². The van der Waals surface area contributed by atoms with Gasteiger partial charge in [0.15, 0.2) is 9.84 Å². The van der Waals surface area contributed by atoms with Crippen LogP contribution in [0.5, 0.6) is 0 Å². The molecule has 0 aromatic rings. The molecule has 0 aliphatic heterocycles. The van der Waals surface area contributed by atoms with Gasteiger partial charge in [-0.1, -0.05) is 12.8 Å². The minimum atomic E-state index is -2.94. The molecule has 3 unspecified atom stereocenters. The maximum Gasteiger partial charge on any atom is 0.151 e. The molecular formula is C12H25NO3S. The molecule has 3 atom stereocenters. The fourth-order valence-electron chi connectivity index (χ4n) is 2.53. The second-order valence-electron chi connectivity index (χ2n) is 5.20. The highest BCUT2D eigenvalue weighted by Gasteiger charge is 2.31. The van der Waals surface area contributed by atoms with E-state index >= 15 is 0 Å². The van der Waals surface area contributed by atoms with Crippen LogP contribution in [0.2, 0.25) is 0 Å². The first-order valence-electron chi connectivity index (χ1n) is 6.51. The van der Waals surface area contributed by atoms with Crippen LogP contribution in [0, 0.1) is 0 Å². The van der Waals surface area contributed by atoms with Crippen LogP contribution >= 0.6 is 0 Å². The lowest BCUT2D eigenvalue weighted by Crippen LogP contribution is -2.46. The number of hydrogen-bond donors (Lipinski definition) is 2. The maximum atomic E-state index is 11.7. The smallest absolute Gasteiger partial charge is 0.151 e. The van der Waals surface area contributed by atoms with Crippen molar-refractivity contribution in [3.8, 4) is 0 Å². The van der Waals surface area contributed by atoms with E-state index in [0.29, 0.717) is 0 Å². The third-order valence-electron chi connectivity index (χ3n) is 3.46. The Morgan fingerprint density at radius 3 is 2.59 bits per heavy atom. The van der Waals surface area contributed by atoms with Gasteiger partial charge < -0.3 is 10.4 Å². The van der Waals surface area contributed by atoms with Crippen molar-refractivity contribution >= 4 is 9.84 Å². The molecule has 1 fully saturated rings. The molecule has 1 aliphatic carbocycles. The topological polar surface area (TPSA) is 66.4 Å². The van der Waals surface area contributed by atoms with Crippen molar-refractivity contribution in [2.45, 2.75) is 62.8 Å².